The van der Waals surface area contributed by atoms with E-state index in [0.717, 1.165) is 49.7 Å². The number of hydrogen-bond donors (Lipinski definition) is 0. The number of rotatable bonds is 2. The molecule has 5 nitrogen and oxygen atoms in total. The van der Waals surface area contributed by atoms with Crippen molar-refractivity contribution in [3.05, 3.63) is 47.4 Å². The number of hydrogen-bond acceptors (Lipinski definition) is 4. The first-order valence-corrected chi connectivity index (χ1v) is 8.62. The molecule has 0 radical (unpaired) electrons. The van der Waals surface area contributed by atoms with Gasteiger partial charge >= 0.3 is 0 Å². The van der Waals surface area contributed by atoms with Gasteiger partial charge in [0.05, 0.1) is 11.7 Å². The van der Waals surface area contributed by atoms with Crippen LogP contribution in [0.4, 0.5) is 11.5 Å². The number of aromatic nitrogens is 2. The molecule has 0 aliphatic carbocycles. The van der Waals surface area contributed by atoms with Crippen LogP contribution in [0.2, 0.25) is 0 Å². The fraction of sp³-hybridized carbons (Fsp3) is 0.421. The van der Waals surface area contributed by atoms with Gasteiger partial charge in [-0.2, -0.15) is 0 Å². The van der Waals surface area contributed by atoms with E-state index in [2.05, 4.69) is 45.2 Å². The topological polar surface area (TPSA) is 49.3 Å². The van der Waals surface area contributed by atoms with Crippen molar-refractivity contribution in [1.29, 1.82) is 0 Å². The molecule has 5 heteroatoms. The molecule has 0 bridgehead atoms. The summed E-state index contributed by atoms with van der Waals surface area (Å²) in [6, 6.07) is 10.7. The Kier molecular flexibility index (Phi) is 3.71. The largest absolute Gasteiger partial charge is 0.334 e. The van der Waals surface area contributed by atoms with Crippen LogP contribution in [0, 0.1) is 6.92 Å². The molecule has 124 valence electrons. The van der Waals surface area contributed by atoms with Gasteiger partial charge in [-0.25, -0.2) is 9.97 Å². The highest BCUT2D eigenvalue weighted by Crippen LogP contribution is 2.36. The first-order valence-electron chi connectivity index (χ1n) is 8.62. The van der Waals surface area contributed by atoms with Crippen LogP contribution in [0.15, 0.2) is 30.3 Å². The molecule has 2 aliphatic heterocycles. The van der Waals surface area contributed by atoms with Crippen molar-refractivity contribution >= 4 is 17.4 Å². The number of nitrogens with zero attached hydrogens (tertiary/aromatic N) is 4. The lowest BCUT2D eigenvalue weighted by Gasteiger charge is -2.40. The van der Waals surface area contributed by atoms with Gasteiger partial charge in [0.15, 0.2) is 0 Å². The quantitative estimate of drug-likeness (QED) is 0.852. The highest BCUT2D eigenvalue weighted by molar-refractivity contribution is 5.75. The molecular weight excluding hydrogens is 300 g/mol. The van der Waals surface area contributed by atoms with Crippen molar-refractivity contribution in [2.75, 3.05) is 18.0 Å². The molecule has 0 spiro atoms. The molecule has 1 atom stereocenters. The summed E-state index contributed by atoms with van der Waals surface area (Å²) in [5.74, 6) is 1.83. The second-order valence-corrected chi connectivity index (χ2v) is 6.60. The lowest BCUT2D eigenvalue weighted by Crippen LogP contribution is -2.44. The van der Waals surface area contributed by atoms with Crippen LogP contribution in [0.3, 0.4) is 0 Å². The van der Waals surface area contributed by atoms with Crippen LogP contribution in [-0.2, 0) is 11.2 Å². The molecule has 1 fully saturated rings. The van der Waals surface area contributed by atoms with Gasteiger partial charge in [-0.1, -0.05) is 18.2 Å². The lowest BCUT2D eigenvalue weighted by atomic mass is 9.98. The number of aryl methyl sites for hydroxylation is 2. The molecule has 1 unspecified atom stereocenters. The molecular formula is C19H22N4O. The monoisotopic (exact) mass is 322 g/mol. The Balaban J connectivity index is 1.71. The normalized spacial score (nSPS) is 19.7. The van der Waals surface area contributed by atoms with E-state index in [1.807, 2.05) is 11.8 Å². The summed E-state index contributed by atoms with van der Waals surface area (Å²) in [6.45, 7) is 5.35. The van der Waals surface area contributed by atoms with E-state index in [4.69, 9.17) is 0 Å². The highest BCUT2D eigenvalue weighted by Gasteiger charge is 2.33. The van der Waals surface area contributed by atoms with Crippen LogP contribution in [0.5, 0.6) is 0 Å². The minimum absolute atomic E-state index is 0.1000. The van der Waals surface area contributed by atoms with Gasteiger partial charge < -0.3 is 9.80 Å². The van der Waals surface area contributed by atoms with Gasteiger partial charge in [0.25, 0.3) is 0 Å². The molecule has 0 saturated carbocycles. The van der Waals surface area contributed by atoms with Gasteiger partial charge in [0.2, 0.25) is 5.91 Å². The maximum Gasteiger partial charge on any atom is 0.220 e. The Hall–Kier alpha value is -2.43. The van der Waals surface area contributed by atoms with Gasteiger partial charge in [-0.15, -0.1) is 0 Å². The highest BCUT2D eigenvalue weighted by atomic mass is 16.2. The number of benzene rings is 1. The minimum atomic E-state index is 0.1000. The van der Waals surface area contributed by atoms with E-state index in [1.54, 1.807) is 6.92 Å². The maximum atomic E-state index is 11.7. The third kappa shape index (κ3) is 2.54. The molecule has 1 aromatic heterocycles. The Bertz CT molecular complexity index is 789. The summed E-state index contributed by atoms with van der Waals surface area (Å²) in [4.78, 5) is 25.2. The van der Waals surface area contributed by atoms with Gasteiger partial charge in [0, 0.05) is 31.8 Å². The lowest BCUT2D eigenvalue weighted by molar-refractivity contribution is -0.136. The first kappa shape index (κ1) is 15.1. The third-order valence-electron chi connectivity index (χ3n) is 5.00. The van der Waals surface area contributed by atoms with Crippen molar-refractivity contribution in [3.63, 3.8) is 0 Å². The van der Waals surface area contributed by atoms with Crippen molar-refractivity contribution in [2.24, 2.45) is 0 Å². The molecule has 1 amide bonds. The van der Waals surface area contributed by atoms with Crippen LogP contribution in [-0.4, -0.2) is 33.9 Å². The SMILES string of the molecule is CC(=O)N1CCC1c1cc(N2CCCc3ccccc32)nc(C)n1. The molecule has 1 aromatic carbocycles. The average molecular weight is 322 g/mol. The second-order valence-electron chi connectivity index (χ2n) is 6.60. The van der Waals surface area contributed by atoms with Crippen LogP contribution in [0.1, 0.15) is 42.9 Å². The number of likely N-dealkylation sites (tertiary alicyclic amines) is 1. The van der Waals surface area contributed by atoms with Crippen LogP contribution >= 0.6 is 0 Å². The number of carbonyl (C=O) groups excluding carboxylic acids is 1. The van der Waals surface area contributed by atoms with E-state index in [1.165, 1.54) is 11.3 Å². The Morgan fingerprint density at radius 2 is 2.04 bits per heavy atom. The van der Waals surface area contributed by atoms with E-state index in [9.17, 15) is 4.79 Å². The van der Waals surface area contributed by atoms with E-state index >= 15 is 0 Å². The molecule has 0 N–H and O–H groups in total. The van der Waals surface area contributed by atoms with Crippen molar-refractivity contribution in [2.45, 2.75) is 39.2 Å². The predicted molar refractivity (Wildman–Crippen MR) is 93.3 cm³/mol. The smallest absolute Gasteiger partial charge is 0.220 e. The standard InChI is InChI=1S/C19H22N4O/c1-13-20-16(18-9-11-22(18)14(2)24)12-19(21-13)23-10-5-7-15-6-3-4-8-17(15)23/h3-4,6,8,12,18H,5,7,9-11H2,1-2H3. The molecule has 3 heterocycles. The fourth-order valence-electron chi connectivity index (χ4n) is 3.73. The Labute approximate surface area is 142 Å². The number of para-hydroxylation sites is 1. The van der Waals surface area contributed by atoms with Crippen LogP contribution < -0.4 is 4.90 Å². The van der Waals surface area contributed by atoms with Gasteiger partial charge in [-0.3, -0.25) is 4.79 Å². The fourth-order valence-corrected chi connectivity index (χ4v) is 3.73. The summed E-state index contributed by atoms with van der Waals surface area (Å²) in [5, 5.41) is 0. The van der Waals surface area contributed by atoms with Crippen molar-refractivity contribution < 1.29 is 4.79 Å². The summed E-state index contributed by atoms with van der Waals surface area (Å²) in [7, 11) is 0. The van der Waals surface area contributed by atoms with E-state index in [-0.39, 0.29) is 11.9 Å². The third-order valence-corrected chi connectivity index (χ3v) is 5.00. The van der Waals surface area contributed by atoms with Crippen molar-refractivity contribution in [1.82, 2.24) is 14.9 Å². The van der Waals surface area contributed by atoms with Crippen molar-refractivity contribution in [3.8, 4) is 0 Å². The summed E-state index contributed by atoms with van der Waals surface area (Å²) in [6.07, 6.45) is 3.22. The summed E-state index contributed by atoms with van der Waals surface area (Å²) in [5.41, 5.74) is 3.57. The average Bonchev–Trinajstić information content (AvgIpc) is 2.52. The van der Waals surface area contributed by atoms with Crippen LogP contribution in [0.25, 0.3) is 0 Å². The first-order chi connectivity index (χ1) is 11.6. The summed E-state index contributed by atoms with van der Waals surface area (Å²) < 4.78 is 0. The van der Waals surface area contributed by atoms with E-state index in [0.29, 0.717) is 0 Å². The number of fused-ring (bicyclic) bond motifs is 1. The summed E-state index contributed by atoms with van der Waals surface area (Å²) >= 11 is 0. The molecule has 2 aliphatic rings. The molecule has 1 saturated heterocycles. The Morgan fingerprint density at radius 3 is 2.79 bits per heavy atom. The zero-order chi connectivity index (χ0) is 16.7. The van der Waals surface area contributed by atoms with Gasteiger partial charge in [0.1, 0.15) is 11.6 Å². The molecule has 4 rings (SSSR count). The zero-order valence-corrected chi connectivity index (χ0v) is 14.2. The number of carbonyl (C=O) groups is 1. The molecule has 2 aromatic rings. The van der Waals surface area contributed by atoms with Gasteiger partial charge in [-0.05, 0) is 37.8 Å². The number of anilines is 2. The second kappa shape index (κ2) is 5.89. The predicted octanol–water partition coefficient (Wildman–Crippen LogP) is 3.16. The maximum absolute atomic E-state index is 11.7. The Morgan fingerprint density at radius 1 is 1.21 bits per heavy atom. The minimum Gasteiger partial charge on any atom is -0.334 e. The number of amides is 1. The van der Waals surface area contributed by atoms with E-state index < -0.39 is 0 Å². The zero-order valence-electron chi connectivity index (χ0n) is 14.2. The molecule has 24 heavy (non-hydrogen) atoms.